The molecule has 1 nitrogen and oxygen atoms in total. The average Bonchev–Trinajstić information content (AvgIpc) is 1.96. The Bertz CT molecular complexity index is 292. The summed E-state index contributed by atoms with van der Waals surface area (Å²) in [6.07, 6.45) is 0. The molecule has 0 saturated carbocycles. The van der Waals surface area contributed by atoms with Crippen LogP contribution in [0.2, 0.25) is 5.02 Å². The number of benzene rings is 1. The van der Waals surface area contributed by atoms with E-state index in [2.05, 4.69) is 13.8 Å². The largest absolute Gasteiger partial charge is 0.508 e. The van der Waals surface area contributed by atoms with Crippen LogP contribution in [-0.4, -0.2) is 5.11 Å². The Morgan fingerprint density at radius 3 is 2.42 bits per heavy atom. The predicted molar refractivity (Wildman–Crippen MR) is 51.9 cm³/mol. The lowest BCUT2D eigenvalue weighted by atomic mass is 10.0. The molecule has 1 aromatic carbocycles. The van der Waals surface area contributed by atoms with Gasteiger partial charge < -0.3 is 5.11 Å². The van der Waals surface area contributed by atoms with E-state index in [0.717, 1.165) is 11.1 Å². The first-order chi connectivity index (χ1) is 5.52. The molecule has 1 N–H and O–H groups in total. The molecule has 12 heavy (non-hydrogen) atoms. The van der Waals surface area contributed by atoms with Crippen molar-refractivity contribution in [1.82, 2.24) is 0 Å². The summed E-state index contributed by atoms with van der Waals surface area (Å²) >= 11 is 5.94. The van der Waals surface area contributed by atoms with Crippen molar-refractivity contribution in [3.05, 3.63) is 28.3 Å². The molecule has 0 radical (unpaired) electrons. The van der Waals surface area contributed by atoms with E-state index < -0.39 is 0 Å². The van der Waals surface area contributed by atoms with E-state index in [9.17, 15) is 5.11 Å². The normalized spacial score (nSPS) is 10.8. The van der Waals surface area contributed by atoms with Gasteiger partial charge in [-0.15, -0.1) is 0 Å². The maximum absolute atomic E-state index is 9.32. The quantitative estimate of drug-likeness (QED) is 0.709. The molecular formula is C10H13ClO. The Balaban J connectivity index is 3.23. The molecule has 0 aliphatic heterocycles. The Hall–Kier alpha value is -0.690. The molecular weight excluding hydrogens is 172 g/mol. The van der Waals surface area contributed by atoms with Crippen molar-refractivity contribution in [3.8, 4) is 5.75 Å². The lowest BCUT2D eigenvalue weighted by Crippen LogP contribution is -1.90. The summed E-state index contributed by atoms with van der Waals surface area (Å²) in [6.45, 7) is 6.03. The van der Waals surface area contributed by atoms with E-state index in [1.54, 1.807) is 6.07 Å². The topological polar surface area (TPSA) is 20.2 Å². The third kappa shape index (κ3) is 1.72. The molecule has 2 heteroatoms. The van der Waals surface area contributed by atoms with E-state index >= 15 is 0 Å². The molecule has 1 rings (SSSR count). The van der Waals surface area contributed by atoms with Gasteiger partial charge >= 0.3 is 0 Å². The van der Waals surface area contributed by atoms with Crippen molar-refractivity contribution in [2.45, 2.75) is 26.7 Å². The molecule has 0 aromatic heterocycles. The molecule has 1 aromatic rings. The molecule has 66 valence electrons. The van der Waals surface area contributed by atoms with Crippen LogP contribution in [0.15, 0.2) is 12.1 Å². The van der Waals surface area contributed by atoms with Gasteiger partial charge in [0.15, 0.2) is 0 Å². The molecule has 0 atom stereocenters. The Morgan fingerprint density at radius 1 is 1.33 bits per heavy atom. The maximum Gasteiger partial charge on any atom is 0.119 e. The van der Waals surface area contributed by atoms with Crippen LogP contribution < -0.4 is 0 Å². The van der Waals surface area contributed by atoms with Gasteiger partial charge in [0.2, 0.25) is 0 Å². The van der Waals surface area contributed by atoms with Crippen LogP contribution in [0.25, 0.3) is 0 Å². The fourth-order valence-electron chi connectivity index (χ4n) is 1.14. The van der Waals surface area contributed by atoms with Gasteiger partial charge in [-0.2, -0.15) is 0 Å². The first-order valence-corrected chi connectivity index (χ1v) is 4.39. The molecule has 0 aliphatic rings. The number of aromatic hydroxyl groups is 1. The van der Waals surface area contributed by atoms with Gasteiger partial charge in [-0.3, -0.25) is 0 Å². The highest BCUT2D eigenvalue weighted by Crippen LogP contribution is 2.30. The maximum atomic E-state index is 9.32. The SMILES string of the molecule is Cc1cc(C(C)C)c(Cl)cc1O. The monoisotopic (exact) mass is 184 g/mol. The van der Waals surface area contributed by atoms with Gasteiger partial charge in [-0.25, -0.2) is 0 Å². The third-order valence-electron chi connectivity index (χ3n) is 1.94. The fraction of sp³-hybridized carbons (Fsp3) is 0.400. The van der Waals surface area contributed by atoms with Gasteiger partial charge in [0.25, 0.3) is 0 Å². The average molecular weight is 185 g/mol. The van der Waals surface area contributed by atoms with Crippen molar-refractivity contribution in [2.75, 3.05) is 0 Å². The molecule has 0 unspecified atom stereocenters. The summed E-state index contributed by atoms with van der Waals surface area (Å²) in [4.78, 5) is 0. The van der Waals surface area contributed by atoms with Crippen molar-refractivity contribution >= 4 is 11.6 Å². The van der Waals surface area contributed by atoms with Crippen LogP contribution in [0.1, 0.15) is 30.9 Å². The standard InChI is InChI=1S/C10H13ClO/c1-6(2)8-4-7(3)10(12)5-9(8)11/h4-6,12H,1-3H3. The predicted octanol–water partition coefficient (Wildman–Crippen LogP) is 3.48. The van der Waals surface area contributed by atoms with Gasteiger partial charge in [0.1, 0.15) is 5.75 Å². The first kappa shape index (κ1) is 9.40. The number of rotatable bonds is 1. The zero-order chi connectivity index (χ0) is 9.30. The zero-order valence-electron chi connectivity index (χ0n) is 7.56. The molecule has 0 saturated heterocycles. The smallest absolute Gasteiger partial charge is 0.119 e. The molecule has 0 heterocycles. The van der Waals surface area contributed by atoms with Crippen LogP contribution in [0.4, 0.5) is 0 Å². The highest BCUT2D eigenvalue weighted by atomic mass is 35.5. The van der Waals surface area contributed by atoms with Gasteiger partial charge in [-0.05, 0) is 30.0 Å². The van der Waals surface area contributed by atoms with Gasteiger partial charge in [0.05, 0.1) is 0 Å². The summed E-state index contributed by atoms with van der Waals surface area (Å²) in [5.41, 5.74) is 1.97. The highest BCUT2D eigenvalue weighted by molar-refractivity contribution is 6.31. The molecule has 0 bridgehead atoms. The van der Waals surface area contributed by atoms with Crippen molar-refractivity contribution in [3.63, 3.8) is 0 Å². The second kappa shape index (κ2) is 3.36. The Morgan fingerprint density at radius 2 is 1.92 bits per heavy atom. The number of hydrogen-bond donors (Lipinski definition) is 1. The minimum Gasteiger partial charge on any atom is -0.508 e. The number of hydrogen-bond acceptors (Lipinski definition) is 1. The first-order valence-electron chi connectivity index (χ1n) is 4.01. The molecule has 0 fully saturated rings. The zero-order valence-corrected chi connectivity index (χ0v) is 8.31. The number of phenols is 1. The van der Waals surface area contributed by atoms with Crippen LogP contribution >= 0.6 is 11.6 Å². The second-order valence-electron chi connectivity index (χ2n) is 3.31. The summed E-state index contributed by atoms with van der Waals surface area (Å²) < 4.78 is 0. The van der Waals surface area contributed by atoms with E-state index in [0.29, 0.717) is 10.9 Å². The third-order valence-corrected chi connectivity index (χ3v) is 2.26. The highest BCUT2D eigenvalue weighted by Gasteiger charge is 2.07. The second-order valence-corrected chi connectivity index (χ2v) is 3.72. The fourth-order valence-corrected chi connectivity index (χ4v) is 1.51. The Kier molecular flexibility index (Phi) is 2.63. The van der Waals surface area contributed by atoms with E-state index in [1.165, 1.54) is 0 Å². The van der Waals surface area contributed by atoms with Crippen LogP contribution in [0.3, 0.4) is 0 Å². The molecule has 0 amide bonds. The van der Waals surface area contributed by atoms with E-state index in [4.69, 9.17) is 11.6 Å². The van der Waals surface area contributed by atoms with Crippen molar-refractivity contribution < 1.29 is 5.11 Å². The van der Waals surface area contributed by atoms with Crippen LogP contribution in [0, 0.1) is 6.92 Å². The summed E-state index contributed by atoms with van der Waals surface area (Å²) in [6, 6.07) is 3.54. The number of aryl methyl sites for hydroxylation is 1. The van der Waals surface area contributed by atoms with Crippen molar-refractivity contribution in [2.24, 2.45) is 0 Å². The van der Waals surface area contributed by atoms with E-state index in [-0.39, 0.29) is 5.75 Å². The lowest BCUT2D eigenvalue weighted by molar-refractivity contribution is 0.471. The molecule has 0 spiro atoms. The van der Waals surface area contributed by atoms with E-state index in [1.807, 2.05) is 13.0 Å². The lowest BCUT2D eigenvalue weighted by Gasteiger charge is -2.09. The summed E-state index contributed by atoms with van der Waals surface area (Å²) in [5, 5.41) is 9.97. The van der Waals surface area contributed by atoms with Gasteiger partial charge in [-0.1, -0.05) is 31.5 Å². The molecule has 0 aliphatic carbocycles. The van der Waals surface area contributed by atoms with Crippen LogP contribution in [-0.2, 0) is 0 Å². The summed E-state index contributed by atoms with van der Waals surface area (Å²) in [5.74, 6) is 0.668. The Labute approximate surface area is 78.0 Å². The minimum absolute atomic E-state index is 0.268. The van der Waals surface area contributed by atoms with Crippen molar-refractivity contribution in [1.29, 1.82) is 0 Å². The van der Waals surface area contributed by atoms with Crippen LogP contribution in [0.5, 0.6) is 5.75 Å². The number of phenolic OH excluding ortho intramolecular Hbond substituents is 1. The van der Waals surface area contributed by atoms with Gasteiger partial charge in [0, 0.05) is 5.02 Å². The number of halogens is 1. The summed E-state index contributed by atoms with van der Waals surface area (Å²) in [7, 11) is 0. The minimum atomic E-state index is 0.268.